The molecule has 1 saturated heterocycles. The van der Waals surface area contributed by atoms with Gasteiger partial charge in [-0.2, -0.15) is 8.78 Å². The minimum Gasteiger partial charge on any atom is -0.435 e. The van der Waals surface area contributed by atoms with Gasteiger partial charge < -0.3 is 24.8 Å². The SMILES string of the molecule is CCN(CC)C(=O)N1CCN(C(=O)c2ccc(Nc3nccn4c(-c5ccc(OC(F)F)cc5)cnc34)cc2C)CC1. The van der Waals surface area contributed by atoms with Crippen LogP contribution in [0.1, 0.15) is 29.8 Å². The summed E-state index contributed by atoms with van der Waals surface area (Å²) in [6.07, 6.45) is 5.10. The topological polar surface area (TPSA) is 95.3 Å². The number of carbonyl (C=O) groups is 2. The quantitative estimate of drug-likeness (QED) is 0.307. The molecule has 2 aromatic carbocycles. The van der Waals surface area contributed by atoms with E-state index in [2.05, 4.69) is 20.0 Å². The van der Waals surface area contributed by atoms with Crippen LogP contribution in [0.15, 0.2) is 61.1 Å². The summed E-state index contributed by atoms with van der Waals surface area (Å²) >= 11 is 0. The zero-order chi connectivity index (χ0) is 29.8. The van der Waals surface area contributed by atoms with E-state index >= 15 is 0 Å². The van der Waals surface area contributed by atoms with E-state index in [0.29, 0.717) is 56.3 Å². The minimum atomic E-state index is -2.88. The number of hydrogen-bond acceptors (Lipinski definition) is 6. The van der Waals surface area contributed by atoms with Gasteiger partial charge in [0.15, 0.2) is 11.5 Å². The van der Waals surface area contributed by atoms with E-state index in [1.807, 2.05) is 42.2 Å². The lowest BCUT2D eigenvalue weighted by atomic mass is 10.1. The number of urea groups is 1. The predicted octanol–water partition coefficient (Wildman–Crippen LogP) is 5.27. The van der Waals surface area contributed by atoms with Crippen molar-refractivity contribution in [2.24, 2.45) is 0 Å². The summed E-state index contributed by atoms with van der Waals surface area (Å²) in [5, 5.41) is 3.30. The van der Waals surface area contributed by atoms with Gasteiger partial charge in [-0.3, -0.25) is 9.20 Å². The van der Waals surface area contributed by atoms with Crippen molar-refractivity contribution in [2.75, 3.05) is 44.6 Å². The zero-order valence-electron chi connectivity index (χ0n) is 23.8. The number of benzene rings is 2. The van der Waals surface area contributed by atoms with Gasteiger partial charge in [-0.15, -0.1) is 0 Å². The van der Waals surface area contributed by atoms with Crippen LogP contribution >= 0.6 is 0 Å². The molecule has 0 saturated carbocycles. The fourth-order valence-electron chi connectivity index (χ4n) is 5.11. The molecule has 0 spiro atoms. The highest BCUT2D eigenvalue weighted by Gasteiger charge is 2.27. The molecule has 220 valence electrons. The Hall–Kier alpha value is -4.74. The second kappa shape index (κ2) is 12.4. The first-order valence-corrected chi connectivity index (χ1v) is 13.9. The van der Waals surface area contributed by atoms with Crippen molar-refractivity contribution in [1.82, 2.24) is 29.1 Å². The average Bonchev–Trinajstić information content (AvgIpc) is 3.43. The number of piperazine rings is 1. The summed E-state index contributed by atoms with van der Waals surface area (Å²) in [4.78, 5) is 40.3. The lowest BCUT2D eigenvalue weighted by molar-refractivity contribution is -0.0498. The fourth-order valence-corrected chi connectivity index (χ4v) is 5.11. The number of nitrogens with one attached hydrogen (secondary N) is 1. The summed E-state index contributed by atoms with van der Waals surface area (Å²) < 4.78 is 31.3. The lowest BCUT2D eigenvalue weighted by Crippen LogP contribution is -2.54. The highest BCUT2D eigenvalue weighted by atomic mass is 19.3. The number of rotatable bonds is 8. The van der Waals surface area contributed by atoms with Gasteiger partial charge in [0.1, 0.15) is 5.75 Å². The number of hydrogen-bond donors (Lipinski definition) is 1. The molecule has 3 amide bonds. The number of aryl methyl sites for hydroxylation is 1. The number of fused-ring (bicyclic) bond motifs is 1. The molecule has 42 heavy (non-hydrogen) atoms. The van der Waals surface area contributed by atoms with Crippen molar-refractivity contribution in [2.45, 2.75) is 27.4 Å². The van der Waals surface area contributed by atoms with Crippen LogP contribution in [-0.4, -0.2) is 86.9 Å². The standard InChI is InChI=1S/C30H33F2N7O3/c1-4-36(5-2)30(41)38-16-14-37(15-17-38)28(40)24-11-8-22(18-20(24)3)35-26-27-34-19-25(39(27)13-12-33-26)21-6-9-23(10-7-21)42-29(31)32/h6-13,18-19,29H,4-5,14-17H2,1-3H3,(H,33,35). The third-order valence-electron chi connectivity index (χ3n) is 7.39. The Morgan fingerprint density at radius 3 is 2.33 bits per heavy atom. The number of ether oxygens (including phenoxy) is 1. The van der Waals surface area contributed by atoms with Gasteiger partial charge in [0, 0.05) is 68.5 Å². The molecule has 0 unspecified atom stereocenters. The maximum absolute atomic E-state index is 13.3. The molecule has 2 aromatic heterocycles. The van der Waals surface area contributed by atoms with Gasteiger partial charge in [0.05, 0.1) is 11.9 Å². The third kappa shape index (κ3) is 5.97. The maximum atomic E-state index is 13.3. The van der Waals surface area contributed by atoms with Crippen LogP contribution in [0.25, 0.3) is 16.9 Å². The number of imidazole rings is 1. The minimum absolute atomic E-state index is 0.0179. The molecule has 0 aliphatic carbocycles. The second-order valence-electron chi connectivity index (χ2n) is 9.90. The highest BCUT2D eigenvalue weighted by Crippen LogP contribution is 2.28. The molecule has 0 atom stereocenters. The summed E-state index contributed by atoms with van der Waals surface area (Å²) in [7, 11) is 0. The molecule has 4 aromatic rings. The largest absolute Gasteiger partial charge is 0.435 e. The molecule has 1 aliphatic heterocycles. The van der Waals surface area contributed by atoms with Crippen LogP contribution in [-0.2, 0) is 0 Å². The van der Waals surface area contributed by atoms with Crippen LogP contribution in [0.3, 0.4) is 0 Å². The summed E-state index contributed by atoms with van der Waals surface area (Å²) in [5.74, 6) is 0.544. The molecule has 1 N–H and O–H groups in total. The van der Waals surface area contributed by atoms with Crippen molar-refractivity contribution in [3.8, 4) is 17.0 Å². The van der Waals surface area contributed by atoms with Crippen molar-refractivity contribution >= 4 is 29.1 Å². The molecular formula is C30H33F2N7O3. The monoisotopic (exact) mass is 577 g/mol. The molecule has 10 nitrogen and oxygen atoms in total. The van der Waals surface area contributed by atoms with Gasteiger partial charge >= 0.3 is 12.6 Å². The Morgan fingerprint density at radius 1 is 1.00 bits per heavy atom. The Balaban J connectivity index is 1.27. The third-order valence-corrected chi connectivity index (χ3v) is 7.39. The molecular weight excluding hydrogens is 544 g/mol. The Labute approximate surface area is 242 Å². The molecule has 0 bridgehead atoms. The Bertz CT molecular complexity index is 1560. The van der Waals surface area contributed by atoms with E-state index in [-0.39, 0.29) is 17.7 Å². The first kappa shape index (κ1) is 28.8. The van der Waals surface area contributed by atoms with E-state index in [0.717, 1.165) is 22.5 Å². The van der Waals surface area contributed by atoms with Crippen molar-refractivity contribution in [1.29, 1.82) is 0 Å². The number of halogens is 2. The van der Waals surface area contributed by atoms with Gasteiger partial charge in [0.25, 0.3) is 5.91 Å². The normalized spacial score (nSPS) is 13.5. The number of aromatic nitrogens is 3. The van der Waals surface area contributed by atoms with Gasteiger partial charge in [-0.25, -0.2) is 14.8 Å². The number of carbonyl (C=O) groups excluding carboxylic acids is 2. The maximum Gasteiger partial charge on any atom is 0.387 e. The first-order chi connectivity index (χ1) is 20.3. The van der Waals surface area contributed by atoms with Crippen LogP contribution in [0.2, 0.25) is 0 Å². The molecule has 1 fully saturated rings. The van der Waals surface area contributed by atoms with E-state index in [1.54, 1.807) is 46.6 Å². The summed E-state index contributed by atoms with van der Waals surface area (Å²) in [6, 6.07) is 11.9. The van der Waals surface area contributed by atoms with Crippen molar-refractivity contribution in [3.63, 3.8) is 0 Å². The number of amides is 3. The molecule has 1 aliphatic rings. The number of nitrogens with zero attached hydrogens (tertiary/aromatic N) is 6. The highest BCUT2D eigenvalue weighted by molar-refractivity contribution is 5.96. The van der Waals surface area contributed by atoms with Crippen molar-refractivity contribution < 1.29 is 23.1 Å². The Kier molecular flexibility index (Phi) is 8.51. The summed E-state index contributed by atoms with van der Waals surface area (Å²) in [5.41, 5.74) is 4.28. The number of alkyl halides is 2. The second-order valence-corrected chi connectivity index (χ2v) is 9.90. The van der Waals surface area contributed by atoms with E-state index in [9.17, 15) is 18.4 Å². The van der Waals surface area contributed by atoms with Crippen molar-refractivity contribution in [3.05, 3.63) is 72.2 Å². The van der Waals surface area contributed by atoms with Gasteiger partial charge in [-0.05, 0) is 68.8 Å². The van der Waals surface area contributed by atoms with E-state index in [4.69, 9.17) is 0 Å². The smallest absolute Gasteiger partial charge is 0.387 e. The molecule has 12 heteroatoms. The van der Waals surface area contributed by atoms with Crippen LogP contribution in [0.4, 0.5) is 25.1 Å². The fraction of sp³-hybridized carbons (Fsp3) is 0.333. The van der Waals surface area contributed by atoms with Crippen LogP contribution < -0.4 is 10.1 Å². The first-order valence-electron chi connectivity index (χ1n) is 13.9. The summed E-state index contributed by atoms with van der Waals surface area (Å²) in [6.45, 7) is 6.25. The van der Waals surface area contributed by atoms with Crippen LogP contribution in [0, 0.1) is 6.92 Å². The molecule has 5 rings (SSSR count). The van der Waals surface area contributed by atoms with E-state index < -0.39 is 6.61 Å². The predicted molar refractivity (Wildman–Crippen MR) is 155 cm³/mol. The van der Waals surface area contributed by atoms with E-state index in [1.165, 1.54) is 12.1 Å². The van der Waals surface area contributed by atoms with Crippen LogP contribution in [0.5, 0.6) is 5.75 Å². The van der Waals surface area contributed by atoms with Gasteiger partial charge in [0.2, 0.25) is 0 Å². The zero-order valence-corrected chi connectivity index (χ0v) is 23.8. The average molecular weight is 578 g/mol. The lowest BCUT2D eigenvalue weighted by Gasteiger charge is -2.37. The molecule has 0 radical (unpaired) electrons. The van der Waals surface area contributed by atoms with Gasteiger partial charge in [-0.1, -0.05) is 0 Å². The molecule has 3 heterocycles. The number of anilines is 2. The Morgan fingerprint density at radius 2 is 1.69 bits per heavy atom.